The van der Waals surface area contributed by atoms with Gasteiger partial charge in [-0.15, -0.1) is 0 Å². The van der Waals surface area contributed by atoms with Crippen molar-refractivity contribution in [1.82, 2.24) is 0 Å². The van der Waals surface area contributed by atoms with Crippen LogP contribution in [0.4, 0.5) is 11.4 Å². The first-order valence-corrected chi connectivity index (χ1v) is 6.87. The number of anilines is 2. The van der Waals surface area contributed by atoms with E-state index in [1.165, 1.54) is 18.1 Å². The molecule has 0 fully saturated rings. The Bertz CT molecular complexity index is 593. The standard InChI is InChI=1S/C17H20N2O/c1-3-14-7-4-5-8-15(14)12-18-16-9-6-10-17(11-16)19-13(2)20/h4-11,18H,3,12H2,1-2H3,(H,19,20). The van der Waals surface area contributed by atoms with Crippen LogP contribution in [0.5, 0.6) is 0 Å². The van der Waals surface area contributed by atoms with Gasteiger partial charge in [-0.1, -0.05) is 37.3 Å². The van der Waals surface area contributed by atoms with Crippen molar-refractivity contribution < 1.29 is 4.79 Å². The third kappa shape index (κ3) is 3.85. The zero-order chi connectivity index (χ0) is 14.4. The minimum absolute atomic E-state index is 0.0570. The largest absolute Gasteiger partial charge is 0.381 e. The van der Waals surface area contributed by atoms with Crippen molar-refractivity contribution in [3.8, 4) is 0 Å². The lowest BCUT2D eigenvalue weighted by Crippen LogP contribution is -2.07. The molecule has 0 atom stereocenters. The molecule has 2 rings (SSSR count). The highest BCUT2D eigenvalue weighted by atomic mass is 16.1. The van der Waals surface area contributed by atoms with Gasteiger partial charge in [-0.3, -0.25) is 4.79 Å². The second-order valence-electron chi connectivity index (χ2n) is 4.74. The molecule has 0 aliphatic rings. The fourth-order valence-electron chi connectivity index (χ4n) is 2.18. The van der Waals surface area contributed by atoms with Crippen molar-refractivity contribution >= 4 is 17.3 Å². The van der Waals surface area contributed by atoms with E-state index < -0.39 is 0 Å². The van der Waals surface area contributed by atoms with Crippen LogP contribution in [0.25, 0.3) is 0 Å². The molecule has 0 spiro atoms. The molecule has 0 aromatic heterocycles. The summed E-state index contributed by atoms with van der Waals surface area (Å²) in [7, 11) is 0. The van der Waals surface area contributed by atoms with E-state index in [-0.39, 0.29) is 5.91 Å². The number of aryl methyl sites for hydroxylation is 1. The number of amides is 1. The van der Waals surface area contributed by atoms with Gasteiger partial charge < -0.3 is 10.6 Å². The SMILES string of the molecule is CCc1ccccc1CNc1cccc(NC(C)=O)c1. The number of hydrogen-bond acceptors (Lipinski definition) is 2. The van der Waals surface area contributed by atoms with Gasteiger partial charge in [0, 0.05) is 24.8 Å². The summed E-state index contributed by atoms with van der Waals surface area (Å²) in [6.07, 6.45) is 1.03. The van der Waals surface area contributed by atoms with Gasteiger partial charge in [0.2, 0.25) is 5.91 Å². The predicted molar refractivity (Wildman–Crippen MR) is 83.9 cm³/mol. The molecule has 3 heteroatoms. The van der Waals surface area contributed by atoms with Gasteiger partial charge in [0.15, 0.2) is 0 Å². The summed E-state index contributed by atoms with van der Waals surface area (Å²) >= 11 is 0. The van der Waals surface area contributed by atoms with Crippen LogP contribution < -0.4 is 10.6 Å². The lowest BCUT2D eigenvalue weighted by molar-refractivity contribution is -0.114. The van der Waals surface area contributed by atoms with Crippen LogP contribution in [0.2, 0.25) is 0 Å². The van der Waals surface area contributed by atoms with E-state index in [4.69, 9.17) is 0 Å². The van der Waals surface area contributed by atoms with E-state index in [1.807, 2.05) is 24.3 Å². The smallest absolute Gasteiger partial charge is 0.221 e. The molecule has 1 amide bonds. The monoisotopic (exact) mass is 268 g/mol. The van der Waals surface area contributed by atoms with Crippen molar-refractivity contribution in [2.75, 3.05) is 10.6 Å². The maximum atomic E-state index is 11.1. The molecule has 2 aromatic rings. The second kappa shape index (κ2) is 6.75. The topological polar surface area (TPSA) is 41.1 Å². The van der Waals surface area contributed by atoms with E-state index in [0.717, 1.165) is 24.3 Å². The first-order chi connectivity index (χ1) is 9.69. The molecule has 0 heterocycles. The van der Waals surface area contributed by atoms with Crippen molar-refractivity contribution in [2.45, 2.75) is 26.8 Å². The van der Waals surface area contributed by atoms with E-state index in [9.17, 15) is 4.79 Å². The third-order valence-corrected chi connectivity index (χ3v) is 3.17. The Balaban J connectivity index is 2.05. The average Bonchev–Trinajstić information content (AvgIpc) is 2.45. The Morgan fingerprint density at radius 3 is 2.40 bits per heavy atom. The predicted octanol–water partition coefficient (Wildman–Crippen LogP) is 3.82. The van der Waals surface area contributed by atoms with Gasteiger partial charge >= 0.3 is 0 Å². The highest BCUT2D eigenvalue weighted by Crippen LogP contribution is 2.17. The summed E-state index contributed by atoms with van der Waals surface area (Å²) < 4.78 is 0. The number of carbonyl (C=O) groups is 1. The Morgan fingerprint density at radius 2 is 1.70 bits per heavy atom. The summed E-state index contributed by atoms with van der Waals surface area (Å²) in [4.78, 5) is 11.1. The molecule has 0 saturated carbocycles. The highest BCUT2D eigenvalue weighted by Gasteiger charge is 2.01. The summed E-state index contributed by atoms with van der Waals surface area (Å²) in [5.74, 6) is -0.0570. The summed E-state index contributed by atoms with van der Waals surface area (Å²) in [6, 6.07) is 16.2. The van der Waals surface area contributed by atoms with Crippen LogP contribution >= 0.6 is 0 Å². The van der Waals surface area contributed by atoms with Crippen LogP contribution in [-0.4, -0.2) is 5.91 Å². The van der Waals surface area contributed by atoms with Crippen LogP contribution in [-0.2, 0) is 17.8 Å². The van der Waals surface area contributed by atoms with Gasteiger partial charge in [-0.05, 0) is 35.7 Å². The molecule has 0 radical (unpaired) electrons. The molecule has 0 aliphatic carbocycles. The maximum absolute atomic E-state index is 11.1. The zero-order valence-corrected chi connectivity index (χ0v) is 11.9. The number of hydrogen-bond donors (Lipinski definition) is 2. The number of nitrogens with one attached hydrogen (secondary N) is 2. The van der Waals surface area contributed by atoms with Crippen molar-refractivity contribution in [1.29, 1.82) is 0 Å². The molecular formula is C17H20N2O. The van der Waals surface area contributed by atoms with E-state index in [0.29, 0.717) is 0 Å². The quantitative estimate of drug-likeness (QED) is 0.865. The Kier molecular flexibility index (Phi) is 4.77. The molecule has 104 valence electrons. The molecule has 0 unspecified atom stereocenters. The highest BCUT2D eigenvalue weighted by molar-refractivity contribution is 5.89. The first-order valence-electron chi connectivity index (χ1n) is 6.87. The summed E-state index contributed by atoms with van der Waals surface area (Å²) in [6.45, 7) is 4.46. The molecule has 0 bridgehead atoms. The van der Waals surface area contributed by atoms with Crippen LogP contribution in [0, 0.1) is 0 Å². The molecule has 2 N–H and O–H groups in total. The van der Waals surface area contributed by atoms with E-state index >= 15 is 0 Å². The number of benzene rings is 2. The lowest BCUT2D eigenvalue weighted by atomic mass is 10.1. The van der Waals surface area contributed by atoms with Gasteiger partial charge in [0.1, 0.15) is 0 Å². The van der Waals surface area contributed by atoms with Crippen LogP contribution in [0.3, 0.4) is 0 Å². The second-order valence-corrected chi connectivity index (χ2v) is 4.74. The van der Waals surface area contributed by atoms with Gasteiger partial charge in [0.05, 0.1) is 0 Å². The van der Waals surface area contributed by atoms with Crippen LogP contribution in [0.1, 0.15) is 25.0 Å². The summed E-state index contributed by atoms with van der Waals surface area (Å²) in [5, 5.41) is 6.18. The number of rotatable bonds is 5. The van der Waals surface area contributed by atoms with Gasteiger partial charge in [-0.2, -0.15) is 0 Å². The minimum Gasteiger partial charge on any atom is -0.381 e. The number of carbonyl (C=O) groups excluding carboxylic acids is 1. The van der Waals surface area contributed by atoms with E-state index in [1.54, 1.807) is 0 Å². The Morgan fingerprint density at radius 1 is 1.00 bits per heavy atom. The minimum atomic E-state index is -0.0570. The molecule has 0 saturated heterocycles. The van der Waals surface area contributed by atoms with Gasteiger partial charge in [-0.25, -0.2) is 0 Å². The maximum Gasteiger partial charge on any atom is 0.221 e. The zero-order valence-electron chi connectivity index (χ0n) is 11.9. The third-order valence-electron chi connectivity index (χ3n) is 3.17. The van der Waals surface area contributed by atoms with Crippen molar-refractivity contribution in [2.24, 2.45) is 0 Å². The van der Waals surface area contributed by atoms with E-state index in [2.05, 4.69) is 41.8 Å². The normalized spacial score (nSPS) is 10.1. The molecule has 0 aliphatic heterocycles. The van der Waals surface area contributed by atoms with Gasteiger partial charge in [0.25, 0.3) is 0 Å². The molecular weight excluding hydrogens is 248 g/mol. The molecule has 3 nitrogen and oxygen atoms in total. The van der Waals surface area contributed by atoms with Crippen molar-refractivity contribution in [3.63, 3.8) is 0 Å². The Labute approximate surface area is 120 Å². The fraction of sp³-hybridized carbons (Fsp3) is 0.235. The first kappa shape index (κ1) is 14.1. The van der Waals surface area contributed by atoms with Crippen LogP contribution in [0.15, 0.2) is 48.5 Å². The lowest BCUT2D eigenvalue weighted by Gasteiger charge is -2.11. The summed E-state index contributed by atoms with van der Waals surface area (Å²) in [5.41, 5.74) is 4.48. The molecule has 20 heavy (non-hydrogen) atoms. The Hall–Kier alpha value is -2.29. The fourth-order valence-corrected chi connectivity index (χ4v) is 2.18. The average molecular weight is 268 g/mol. The molecule has 2 aromatic carbocycles. The van der Waals surface area contributed by atoms with Crippen molar-refractivity contribution in [3.05, 3.63) is 59.7 Å².